The number of hydrogen-bond acceptors (Lipinski definition) is 2. The first kappa shape index (κ1) is 52.8. The molecule has 4 unspecified atom stereocenters. The van der Waals surface area contributed by atoms with Crippen molar-refractivity contribution in [3.8, 4) is 66.8 Å². The molecule has 88 heavy (non-hydrogen) atoms. The average Bonchev–Trinajstić information content (AvgIpc) is 1.36. The van der Waals surface area contributed by atoms with Gasteiger partial charge in [0.2, 0.25) is 0 Å². The van der Waals surface area contributed by atoms with E-state index in [9.17, 15) is 0 Å². The molecule has 2 heteroatoms. The van der Waals surface area contributed by atoms with Gasteiger partial charge in [0, 0.05) is 33.6 Å². The van der Waals surface area contributed by atoms with Crippen LogP contribution in [0.15, 0.2) is 267 Å². The van der Waals surface area contributed by atoms with Crippen LogP contribution in [0.25, 0.3) is 110 Å². The minimum atomic E-state index is 0.0138. The Kier molecular flexibility index (Phi) is 12.0. The quantitative estimate of drug-likeness (QED) is 0.140. The van der Waals surface area contributed by atoms with E-state index in [1.807, 2.05) is 0 Å². The van der Waals surface area contributed by atoms with E-state index in [0.717, 1.165) is 0 Å². The molecule has 0 amide bonds. The maximum atomic E-state index is 2.67. The molecule has 4 atom stereocenters. The van der Waals surface area contributed by atoms with Gasteiger partial charge in [-0.25, -0.2) is 0 Å². The van der Waals surface area contributed by atoms with Gasteiger partial charge in [0.15, 0.2) is 0 Å². The number of fused-ring (bicyclic) bond motifs is 10. The van der Waals surface area contributed by atoms with Gasteiger partial charge in [-0.05, 0) is 221 Å². The molecule has 426 valence electrons. The Morgan fingerprint density at radius 3 is 1.00 bits per heavy atom. The number of nitrogens with zero attached hydrogens (tertiary/aromatic N) is 2. The van der Waals surface area contributed by atoms with Crippen LogP contribution in [0.4, 0.5) is 22.7 Å². The molecule has 13 aromatic rings. The van der Waals surface area contributed by atoms with Crippen molar-refractivity contribution in [2.24, 2.45) is 0 Å². The van der Waals surface area contributed by atoms with Crippen molar-refractivity contribution < 1.29 is 0 Å². The topological polar surface area (TPSA) is 6.48 Å². The van der Waals surface area contributed by atoms with Gasteiger partial charge in [-0.15, -0.1) is 0 Å². The van der Waals surface area contributed by atoms with E-state index in [4.69, 9.17) is 0 Å². The van der Waals surface area contributed by atoms with E-state index < -0.39 is 0 Å². The predicted octanol–water partition coefficient (Wildman–Crippen LogP) is 23.8. The second kappa shape index (κ2) is 20.0. The first-order valence-corrected chi connectivity index (χ1v) is 32.3. The smallest absolute Gasteiger partial charge is 0.0517 e. The Bertz CT molecular complexity index is 4600. The molecule has 2 saturated carbocycles. The molecule has 0 aromatic heterocycles. The number of para-hydroxylation sites is 2. The molecule has 0 bridgehead atoms. The summed E-state index contributed by atoms with van der Waals surface area (Å²) in [6.07, 6.45) is 9.83. The maximum Gasteiger partial charge on any atom is 0.0517 e. The summed E-state index contributed by atoms with van der Waals surface area (Å²) >= 11 is 0. The Labute approximate surface area is 518 Å². The van der Waals surface area contributed by atoms with Crippen LogP contribution in [0, 0.1) is 0 Å². The number of hydrogen-bond donors (Lipinski definition) is 0. The second-order valence-corrected chi connectivity index (χ2v) is 26.9. The normalized spacial score (nSPS) is 21.2. The summed E-state index contributed by atoms with van der Waals surface area (Å²) in [6.45, 7) is 10.1. The van der Waals surface area contributed by atoms with Crippen LogP contribution in [-0.4, -0.2) is 11.1 Å². The third kappa shape index (κ3) is 7.80. The molecule has 4 aliphatic rings. The summed E-state index contributed by atoms with van der Waals surface area (Å²) in [5.41, 5.74) is 23.3. The molecule has 0 N–H and O–H groups in total. The molecule has 0 radical (unpaired) electrons. The zero-order valence-corrected chi connectivity index (χ0v) is 51.0. The van der Waals surface area contributed by atoms with E-state index >= 15 is 0 Å². The van der Waals surface area contributed by atoms with E-state index in [-0.39, 0.29) is 21.9 Å². The molecule has 2 aliphatic carbocycles. The highest BCUT2D eigenvalue weighted by atomic mass is 15.3. The molecule has 2 fully saturated rings. The minimum absolute atomic E-state index is 0.0138. The van der Waals surface area contributed by atoms with Crippen molar-refractivity contribution in [1.29, 1.82) is 0 Å². The lowest BCUT2D eigenvalue weighted by Crippen LogP contribution is -2.54. The third-order valence-corrected chi connectivity index (χ3v) is 22.6. The van der Waals surface area contributed by atoms with Gasteiger partial charge in [0.25, 0.3) is 0 Å². The minimum Gasteiger partial charge on any atom is -0.334 e. The van der Waals surface area contributed by atoms with Crippen molar-refractivity contribution in [2.45, 2.75) is 101 Å². The van der Waals surface area contributed by atoms with Crippen LogP contribution < -0.4 is 9.80 Å². The van der Waals surface area contributed by atoms with Gasteiger partial charge < -0.3 is 9.80 Å². The first-order chi connectivity index (χ1) is 43.1. The molecule has 2 nitrogen and oxygen atoms in total. The summed E-state index contributed by atoms with van der Waals surface area (Å²) in [7, 11) is 0. The highest BCUT2D eigenvalue weighted by molar-refractivity contribution is 6.26. The third-order valence-electron chi connectivity index (χ3n) is 22.6. The number of benzene rings is 13. The Morgan fingerprint density at radius 1 is 0.261 bits per heavy atom. The lowest BCUT2D eigenvalue weighted by molar-refractivity contribution is 0.195. The highest BCUT2D eigenvalue weighted by Crippen LogP contribution is 2.63. The molecular formula is C86H72N2. The highest BCUT2D eigenvalue weighted by Gasteiger charge is 2.59. The lowest BCUT2D eigenvalue weighted by Gasteiger charge is -2.50. The van der Waals surface area contributed by atoms with Crippen LogP contribution in [0.3, 0.4) is 0 Å². The largest absolute Gasteiger partial charge is 0.334 e. The van der Waals surface area contributed by atoms with E-state index in [1.54, 1.807) is 0 Å². The van der Waals surface area contributed by atoms with Gasteiger partial charge in [0.1, 0.15) is 0 Å². The molecule has 2 aliphatic heterocycles. The maximum absolute atomic E-state index is 2.67. The van der Waals surface area contributed by atoms with Crippen LogP contribution >= 0.6 is 0 Å². The zero-order chi connectivity index (χ0) is 58.9. The fourth-order valence-corrected chi connectivity index (χ4v) is 17.6. The van der Waals surface area contributed by atoms with Crippen molar-refractivity contribution in [3.05, 3.63) is 278 Å². The molecule has 0 saturated heterocycles. The van der Waals surface area contributed by atoms with Crippen molar-refractivity contribution in [2.75, 3.05) is 9.80 Å². The summed E-state index contributed by atoms with van der Waals surface area (Å²) in [5, 5.41) is 9.98. The van der Waals surface area contributed by atoms with Gasteiger partial charge in [0.05, 0.1) is 11.1 Å². The molecule has 17 rings (SSSR count). The molecule has 0 spiro atoms. The molecule has 2 heterocycles. The zero-order valence-electron chi connectivity index (χ0n) is 51.0. The van der Waals surface area contributed by atoms with Crippen molar-refractivity contribution >= 4 is 65.8 Å². The number of rotatable bonds is 8. The predicted molar refractivity (Wildman–Crippen MR) is 375 cm³/mol. The lowest BCUT2D eigenvalue weighted by atomic mass is 9.61. The summed E-state index contributed by atoms with van der Waals surface area (Å²) in [6, 6.07) is 102. The van der Waals surface area contributed by atoms with Crippen molar-refractivity contribution in [3.63, 3.8) is 0 Å². The van der Waals surface area contributed by atoms with Gasteiger partial charge >= 0.3 is 0 Å². The van der Waals surface area contributed by atoms with E-state index in [0.29, 0.717) is 0 Å². The Morgan fingerprint density at radius 2 is 0.591 bits per heavy atom. The summed E-state index contributed by atoms with van der Waals surface area (Å²) in [4.78, 5) is 5.34. The van der Waals surface area contributed by atoms with Crippen LogP contribution in [0.5, 0.6) is 0 Å². The Balaban J connectivity index is 0.799. The second-order valence-electron chi connectivity index (χ2n) is 26.9. The first-order valence-electron chi connectivity index (χ1n) is 32.3. The fraction of sp³-hybridized carbons (Fsp3) is 0.186. The van der Waals surface area contributed by atoms with Gasteiger partial charge in [-0.3, -0.25) is 0 Å². The SMILES string of the molecule is CC12CCCCC1(C)N(c1ccccc1)c1ccc(-c3ccc(-c4ccc5c(-c6cccc7ccccc67)c6cc(-c7ccc(-c8ccc9c(c8)C8(C)CCCCC8(C)N9c8ccccc8)cc7)ccc6c(-c6cccc7ccccc67)c5c4)cc3)cc12. The summed E-state index contributed by atoms with van der Waals surface area (Å²) < 4.78 is 0. The van der Waals surface area contributed by atoms with Gasteiger partial charge in [-0.1, -0.05) is 246 Å². The van der Waals surface area contributed by atoms with Crippen molar-refractivity contribution in [1.82, 2.24) is 0 Å². The average molecular weight is 1130 g/mol. The van der Waals surface area contributed by atoms with Crippen LogP contribution in [0.1, 0.15) is 90.2 Å². The summed E-state index contributed by atoms with van der Waals surface area (Å²) in [5.74, 6) is 0. The van der Waals surface area contributed by atoms with E-state index in [2.05, 4.69) is 304 Å². The van der Waals surface area contributed by atoms with Crippen LogP contribution in [0.2, 0.25) is 0 Å². The molecule has 13 aromatic carbocycles. The molecular weight excluding hydrogens is 1060 g/mol. The standard InChI is InChI=1S/C86H72N2/c1-83-49-15-17-51-85(83,3)87(67-25-7-5-8-26-67)79-47-43-65(55-77(79)83)59-37-33-57(34-38-59)63-41-45-73-75(53-63)81(71-31-19-23-61-21-11-13-29-69(61)71)74-46-42-64(54-76(74)82(73)72-32-20-24-62-22-12-14-30-70(62)72)58-35-39-60(40-36-58)66-44-48-80-78(56-66)84(2)50-16-18-52-86(84,4)88(80)68-27-9-6-10-28-68/h5-14,19-48,53-56H,15-18,49-52H2,1-4H3. The van der Waals surface area contributed by atoms with E-state index in [1.165, 1.54) is 195 Å². The monoisotopic (exact) mass is 1130 g/mol. The Hall–Kier alpha value is -9.50. The fourth-order valence-electron chi connectivity index (χ4n) is 17.6. The van der Waals surface area contributed by atoms with Gasteiger partial charge in [-0.2, -0.15) is 0 Å². The number of anilines is 4. The van der Waals surface area contributed by atoms with Crippen LogP contribution in [-0.2, 0) is 10.8 Å².